The number of hydrogen-bond donors (Lipinski definition) is 2. The number of nitrogen functional groups attached to an aromatic ring is 1. The molecule has 0 fully saturated rings. The van der Waals surface area contributed by atoms with Crippen molar-refractivity contribution in [3.8, 4) is 11.4 Å². The quantitative estimate of drug-likeness (QED) is 0.662. The molecule has 21 heavy (non-hydrogen) atoms. The molecule has 0 spiro atoms. The molecule has 108 valence electrons. The van der Waals surface area contributed by atoms with Crippen molar-refractivity contribution in [1.29, 1.82) is 0 Å². The van der Waals surface area contributed by atoms with Gasteiger partial charge in [0.15, 0.2) is 0 Å². The third-order valence-electron chi connectivity index (χ3n) is 3.35. The molecular formula is C15H12F3N3. The zero-order chi connectivity index (χ0) is 15.2. The standard InChI is InChI=1S/C15H12F3N3/c1-8-3-2-4-12-13(8)21-14(20-12)10-6-5-9(7-11(10)19)15(16,17)18/h2-7H,19H2,1H3,(H,20,21). The lowest BCUT2D eigenvalue weighted by Gasteiger charge is -2.09. The molecule has 3 N–H and O–H groups in total. The van der Waals surface area contributed by atoms with Crippen LogP contribution < -0.4 is 5.73 Å². The molecule has 2 aromatic carbocycles. The molecule has 3 aromatic rings. The summed E-state index contributed by atoms with van der Waals surface area (Å²) in [6.07, 6.45) is -4.41. The van der Waals surface area contributed by atoms with Crippen LogP contribution in [-0.2, 0) is 6.18 Å². The average molecular weight is 291 g/mol. The first kappa shape index (κ1) is 13.5. The fraction of sp³-hybridized carbons (Fsp3) is 0.133. The van der Waals surface area contributed by atoms with Gasteiger partial charge in [-0.2, -0.15) is 13.2 Å². The maximum atomic E-state index is 12.6. The highest BCUT2D eigenvalue weighted by Gasteiger charge is 2.31. The molecule has 1 heterocycles. The number of aromatic amines is 1. The van der Waals surface area contributed by atoms with Gasteiger partial charge in [-0.1, -0.05) is 12.1 Å². The summed E-state index contributed by atoms with van der Waals surface area (Å²) in [7, 11) is 0. The van der Waals surface area contributed by atoms with Gasteiger partial charge in [0.2, 0.25) is 0 Å². The van der Waals surface area contributed by atoms with Crippen LogP contribution >= 0.6 is 0 Å². The minimum Gasteiger partial charge on any atom is -0.398 e. The molecule has 1 aromatic heterocycles. The third kappa shape index (κ3) is 2.33. The molecule has 0 radical (unpaired) electrons. The lowest BCUT2D eigenvalue weighted by molar-refractivity contribution is -0.137. The Morgan fingerprint density at radius 3 is 2.52 bits per heavy atom. The van der Waals surface area contributed by atoms with E-state index in [9.17, 15) is 13.2 Å². The predicted octanol–water partition coefficient (Wildman–Crippen LogP) is 4.14. The molecule has 0 unspecified atom stereocenters. The van der Waals surface area contributed by atoms with E-state index in [2.05, 4.69) is 9.97 Å². The van der Waals surface area contributed by atoms with Gasteiger partial charge in [-0.15, -0.1) is 0 Å². The van der Waals surface area contributed by atoms with Crippen LogP contribution in [0.25, 0.3) is 22.4 Å². The zero-order valence-electron chi connectivity index (χ0n) is 11.1. The minimum absolute atomic E-state index is 0.0431. The Morgan fingerprint density at radius 1 is 1.14 bits per heavy atom. The van der Waals surface area contributed by atoms with Crippen molar-refractivity contribution in [3.05, 3.63) is 47.5 Å². The van der Waals surface area contributed by atoms with Gasteiger partial charge in [0.25, 0.3) is 0 Å². The van der Waals surface area contributed by atoms with Gasteiger partial charge in [-0.3, -0.25) is 0 Å². The Hall–Kier alpha value is -2.50. The second-order valence-electron chi connectivity index (χ2n) is 4.86. The molecular weight excluding hydrogens is 279 g/mol. The molecule has 6 heteroatoms. The second-order valence-corrected chi connectivity index (χ2v) is 4.86. The predicted molar refractivity (Wildman–Crippen MR) is 75.7 cm³/mol. The SMILES string of the molecule is Cc1cccc2[nH]c(-c3ccc(C(F)(F)F)cc3N)nc12. The number of benzene rings is 2. The number of rotatable bonds is 1. The van der Waals surface area contributed by atoms with Crippen LogP contribution in [0.3, 0.4) is 0 Å². The Kier molecular flexibility index (Phi) is 2.90. The first-order chi connectivity index (χ1) is 9.86. The van der Waals surface area contributed by atoms with Crippen LogP contribution in [0.4, 0.5) is 18.9 Å². The van der Waals surface area contributed by atoms with Gasteiger partial charge in [0.1, 0.15) is 5.82 Å². The number of anilines is 1. The molecule has 3 rings (SSSR count). The van der Waals surface area contributed by atoms with Gasteiger partial charge >= 0.3 is 6.18 Å². The molecule has 0 aliphatic carbocycles. The number of aryl methyl sites for hydroxylation is 1. The highest BCUT2D eigenvalue weighted by atomic mass is 19.4. The first-order valence-electron chi connectivity index (χ1n) is 6.28. The molecule has 0 atom stereocenters. The second kappa shape index (κ2) is 4.51. The number of alkyl halides is 3. The number of imidazole rings is 1. The molecule has 0 bridgehead atoms. The van der Waals surface area contributed by atoms with Gasteiger partial charge in [0, 0.05) is 11.3 Å². The fourth-order valence-corrected chi connectivity index (χ4v) is 2.26. The number of nitrogens with two attached hydrogens (primary N) is 1. The zero-order valence-corrected chi connectivity index (χ0v) is 11.1. The molecule has 0 saturated heterocycles. The van der Waals surface area contributed by atoms with E-state index in [1.165, 1.54) is 6.07 Å². The van der Waals surface area contributed by atoms with E-state index in [-0.39, 0.29) is 5.69 Å². The topological polar surface area (TPSA) is 54.7 Å². The van der Waals surface area contributed by atoms with Crippen LogP contribution in [-0.4, -0.2) is 9.97 Å². The maximum absolute atomic E-state index is 12.6. The number of hydrogen-bond acceptors (Lipinski definition) is 2. The Bertz CT molecular complexity index is 819. The summed E-state index contributed by atoms with van der Waals surface area (Å²) in [5.41, 5.74) is 8.08. The van der Waals surface area contributed by atoms with Gasteiger partial charge in [-0.25, -0.2) is 4.98 Å². The lowest BCUT2D eigenvalue weighted by atomic mass is 10.1. The first-order valence-corrected chi connectivity index (χ1v) is 6.28. The molecule has 0 aliphatic rings. The summed E-state index contributed by atoms with van der Waals surface area (Å²) in [5, 5.41) is 0. The van der Waals surface area contributed by atoms with E-state index in [1.54, 1.807) is 0 Å². The van der Waals surface area contributed by atoms with E-state index < -0.39 is 11.7 Å². The van der Waals surface area contributed by atoms with Crippen LogP contribution in [0, 0.1) is 6.92 Å². The number of fused-ring (bicyclic) bond motifs is 1. The number of H-pyrrole nitrogens is 1. The normalized spacial score (nSPS) is 12.0. The Balaban J connectivity index is 2.13. The van der Waals surface area contributed by atoms with E-state index in [4.69, 9.17) is 5.73 Å². The van der Waals surface area contributed by atoms with E-state index in [0.717, 1.165) is 28.7 Å². The maximum Gasteiger partial charge on any atom is 0.416 e. The summed E-state index contributed by atoms with van der Waals surface area (Å²) < 4.78 is 37.9. The number of halogens is 3. The summed E-state index contributed by atoms with van der Waals surface area (Å²) in [6.45, 7) is 1.92. The molecule has 3 nitrogen and oxygen atoms in total. The Morgan fingerprint density at radius 2 is 1.90 bits per heavy atom. The van der Waals surface area contributed by atoms with Crippen molar-refractivity contribution in [2.24, 2.45) is 0 Å². The summed E-state index contributed by atoms with van der Waals surface area (Å²) in [6, 6.07) is 8.93. The van der Waals surface area contributed by atoms with Crippen molar-refractivity contribution in [1.82, 2.24) is 9.97 Å². The van der Waals surface area contributed by atoms with Crippen LogP contribution in [0.2, 0.25) is 0 Å². The van der Waals surface area contributed by atoms with Crippen molar-refractivity contribution in [2.75, 3.05) is 5.73 Å². The monoisotopic (exact) mass is 291 g/mol. The van der Waals surface area contributed by atoms with Crippen molar-refractivity contribution >= 4 is 16.7 Å². The molecule has 0 aliphatic heterocycles. The minimum atomic E-state index is -4.41. The lowest BCUT2D eigenvalue weighted by Crippen LogP contribution is -2.06. The number of aromatic nitrogens is 2. The third-order valence-corrected chi connectivity index (χ3v) is 3.35. The van der Waals surface area contributed by atoms with Crippen molar-refractivity contribution < 1.29 is 13.2 Å². The number of nitrogens with zero attached hydrogens (tertiary/aromatic N) is 1. The van der Waals surface area contributed by atoms with Crippen LogP contribution in [0.1, 0.15) is 11.1 Å². The summed E-state index contributed by atoms with van der Waals surface area (Å²) in [5.74, 6) is 0.463. The van der Waals surface area contributed by atoms with E-state index >= 15 is 0 Å². The molecule has 0 amide bonds. The highest BCUT2D eigenvalue weighted by Crippen LogP contribution is 2.34. The largest absolute Gasteiger partial charge is 0.416 e. The van der Waals surface area contributed by atoms with Crippen LogP contribution in [0.5, 0.6) is 0 Å². The van der Waals surface area contributed by atoms with E-state index in [1.807, 2.05) is 25.1 Å². The van der Waals surface area contributed by atoms with Crippen LogP contribution in [0.15, 0.2) is 36.4 Å². The fourth-order valence-electron chi connectivity index (χ4n) is 2.26. The highest BCUT2D eigenvalue weighted by molar-refractivity contribution is 5.84. The molecule has 0 saturated carbocycles. The Labute approximate surface area is 118 Å². The number of nitrogens with one attached hydrogen (secondary N) is 1. The number of para-hydroxylation sites is 1. The smallest absolute Gasteiger partial charge is 0.398 e. The van der Waals surface area contributed by atoms with Crippen molar-refractivity contribution in [2.45, 2.75) is 13.1 Å². The van der Waals surface area contributed by atoms with Gasteiger partial charge in [-0.05, 0) is 36.8 Å². The van der Waals surface area contributed by atoms with Crippen molar-refractivity contribution in [3.63, 3.8) is 0 Å². The van der Waals surface area contributed by atoms with Gasteiger partial charge < -0.3 is 10.7 Å². The average Bonchev–Trinajstić information content (AvgIpc) is 2.82. The van der Waals surface area contributed by atoms with Gasteiger partial charge in [0.05, 0.1) is 16.6 Å². The summed E-state index contributed by atoms with van der Waals surface area (Å²) in [4.78, 5) is 7.50. The van der Waals surface area contributed by atoms with E-state index in [0.29, 0.717) is 11.4 Å². The summed E-state index contributed by atoms with van der Waals surface area (Å²) >= 11 is 0.